The quantitative estimate of drug-likeness (QED) is 0.802. The Kier molecular flexibility index (Phi) is 3.13. The number of hydrogen-bond donors (Lipinski definition) is 1. The van der Waals surface area contributed by atoms with E-state index in [-0.39, 0.29) is 11.9 Å². The number of halogens is 1. The Balaban J connectivity index is 1.96. The minimum absolute atomic E-state index is 0.166. The first-order chi connectivity index (χ1) is 7.96. The number of carbonyl (C=O) groups excluding carboxylic acids is 1. The van der Waals surface area contributed by atoms with Crippen molar-refractivity contribution in [3.8, 4) is 0 Å². The predicted molar refractivity (Wildman–Crippen MR) is 63.1 cm³/mol. The molecule has 1 saturated carbocycles. The molecular formula is C13H17FN2O. The maximum absolute atomic E-state index is 12.6. The summed E-state index contributed by atoms with van der Waals surface area (Å²) in [6, 6.07) is 2.88. The van der Waals surface area contributed by atoms with E-state index < -0.39 is 5.95 Å². The number of hydrogen-bond acceptors (Lipinski definition) is 2. The summed E-state index contributed by atoms with van der Waals surface area (Å²) < 4.78 is 12.6. The average Bonchev–Trinajstić information content (AvgIpc) is 2.59. The van der Waals surface area contributed by atoms with Gasteiger partial charge in [-0.1, -0.05) is 13.8 Å². The zero-order valence-electron chi connectivity index (χ0n) is 10.2. The fourth-order valence-electron chi connectivity index (χ4n) is 2.34. The third-order valence-corrected chi connectivity index (χ3v) is 3.29. The zero-order valence-corrected chi connectivity index (χ0v) is 10.2. The Morgan fingerprint density at radius 2 is 2.29 bits per heavy atom. The third-order valence-electron chi connectivity index (χ3n) is 3.29. The number of nitrogens with one attached hydrogen (secondary N) is 1. The van der Waals surface area contributed by atoms with Gasteiger partial charge < -0.3 is 5.32 Å². The van der Waals surface area contributed by atoms with Crippen molar-refractivity contribution in [2.24, 2.45) is 5.41 Å². The molecule has 1 heterocycles. The predicted octanol–water partition coefficient (Wildman–Crippen LogP) is 2.53. The van der Waals surface area contributed by atoms with Crippen LogP contribution in [0.5, 0.6) is 0 Å². The number of pyridine rings is 1. The molecule has 2 rings (SSSR count). The highest BCUT2D eigenvalue weighted by atomic mass is 19.1. The molecule has 0 aliphatic heterocycles. The molecule has 1 fully saturated rings. The molecule has 0 saturated heterocycles. The van der Waals surface area contributed by atoms with E-state index in [0.717, 1.165) is 19.3 Å². The molecule has 17 heavy (non-hydrogen) atoms. The molecule has 1 aliphatic carbocycles. The van der Waals surface area contributed by atoms with Gasteiger partial charge in [-0.2, -0.15) is 4.39 Å². The number of rotatable bonds is 2. The van der Waals surface area contributed by atoms with Crippen LogP contribution < -0.4 is 5.32 Å². The van der Waals surface area contributed by atoms with Gasteiger partial charge in [0.1, 0.15) is 0 Å². The molecule has 1 aliphatic rings. The molecule has 1 aromatic heterocycles. The monoisotopic (exact) mass is 236 g/mol. The highest BCUT2D eigenvalue weighted by molar-refractivity contribution is 5.94. The summed E-state index contributed by atoms with van der Waals surface area (Å²) in [5, 5.41) is 2.97. The maximum Gasteiger partial charge on any atom is 0.253 e. The highest BCUT2D eigenvalue weighted by Crippen LogP contribution is 2.36. The van der Waals surface area contributed by atoms with Crippen LogP contribution in [0.2, 0.25) is 0 Å². The first-order valence-corrected chi connectivity index (χ1v) is 5.89. The van der Waals surface area contributed by atoms with Gasteiger partial charge in [0.2, 0.25) is 5.95 Å². The Hall–Kier alpha value is -1.45. The van der Waals surface area contributed by atoms with Crippen molar-refractivity contribution < 1.29 is 9.18 Å². The summed E-state index contributed by atoms with van der Waals surface area (Å²) >= 11 is 0. The first kappa shape index (κ1) is 12.0. The lowest BCUT2D eigenvalue weighted by Gasteiger charge is -2.17. The van der Waals surface area contributed by atoms with Crippen molar-refractivity contribution in [3.05, 3.63) is 29.8 Å². The molecule has 92 valence electrons. The van der Waals surface area contributed by atoms with Crippen LogP contribution in [0.3, 0.4) is 0 Å². The number of carbonyl (C=O) groups is 1. The fraction of sp³-hybridized carbons (Fsp3) is 0.538. The van der Waals surface area contributed by atoms with E-state index in [1.54, 1.807) is 0 Å². The molecule has 4 heteroatoms. The number of nitrogens with zero attached hydrogens (tertiary/aromatic N) is 1. The third kappa shape index (κ3) is 3.02. The van der Waals surface area contributed by atoms with E-state index in [0.29, 0.717) is 11.0 Å². The summed E-state index contributed by atoms with van der Waals surface area (Å²) in [5.41, 5.74) is 0.718. The van der Waals surface area contributed by atoms with Gasteiger partial charge >= 0.3 is 0 Å². The van der Waals surface area contributed by atoms with Crippen LogP contribution in [0.15, 0.2) is 18.3 Å². The summed E-state index contributed by atoms with van der Waals surface area (Å²) in [7, 11) is 0. The second kappa shape index (κ2) is 4.43. The van der Waals surface area contributed by atoms with Crippen LogP contribution in [0.1, 0.15) is 43.5 Å². The molecule has 0 bridgehead atoms. The number of aromatic nitrogens is 1. The van der Waals surface area contributed by atoms with Gasteiger partial charge in [-0.25, -0.2) is 4.98 Å². The van der Waals surface area contributed by atoms with Crippen molar-refractivity contribution in [3.63, 3.8) is 0 Å². The molecular weight excluding hydrogens is 219 g/mol. The Morgan fingerprint density at radius 1 is 1.53 bits per heavy atom. The molecule has 1 N–H and O–H groups in total. The average molecular weight is 236 g/mol. The lowest BCUT2D eigenvalue weighted by atomic mass is 9.92. The van der Waals surface area contributed by atoms with E-state index in [1.807, 2.05) is 0 Å². The minimum Gasteiger partial charge on any atom is -0.349 e. The second-order valence-electron chi connectivity index (χ2n) is 5.45. The van der Waals surface area contributed by atoms with Crippen LogP contribution >= 0.6 is 0 Å². The SMILES string of the molecule is CC1(C)CCC(NC(=O)c2ccc(F)nc2)C1. The van der Waals surface area contributed by atoms with Crippen LogP contribution in [0.4, 0.5) is 4.39 Å². The lowest BCUT2D eigenvalue weighted by molar-refractivity contribution is 0.0935. The second-order valence-corrected chi connectivity index (χ2v) is 5.45. The topological polar surface area (TPSA) is 42.0 Å². The summed E-state index contributed by atoms with van der Waals surface area (Å²) in [6.07, 6.45) is 4.39. The molecule has 1 atom stereocenters. The van der Waals surface area contributed by atoms with Gasteiger partial charge in [0.25, 0.3) is 5.91 Å². The van der Waals surface area contributed by atoms with Gasteiger partial charge in [0.15, 0.2) is 0 Å². The minimum atomic E-state index is -0.566. The molecule has 1 amide bonds. The van der Waals surface area contributed by atoms with E-state index in [9.17, 15) is 9.18 Å². The van der Waals surface area contributed by atoms with Gasteiger partial charge in [-0.15, -0.1) is 0 Å². The van der Waals surface area contributed by atoms with Crippen LogP contribution in [0.25, 0.3) is 0 Å². The normalized spacial score (nSPS) is 22.4. The van der Waals surface area contributed by atoms with Crippen molar-refractivity contribution in [1.82, 2.24) is 10.3 Å². The molecule has 0 radical (unpaired) electrons. The molecule has 0 aromatic carbocycles. The summed E-state index contributed by atoms with van der Waals surface area (Å²) in [6.45, 7) is 4.41. The van der Waals surface area contributed by atoms with Gasteiger partial charge in [0.05, 0.1) is 5.56 Å². The maximum atomic E-state index is 12.6. The number of amides is 1. The molecule has 0 spiro atoms. The van der Waals surface area contributed by atoms with Crippen LogP contribution in [-0.4, -0.2) is 16.9 Å². The lowest BCUT2D eigenvalue weighted by Crippen LogP contribution is -2.33. The van der Waals surface area contributed by atoms with Crippen LogP contribution in [0, 0.1) is 11.4 Å². The van der Waals surface area contributed by atoms with Crippen molar-refractivity contribution in [2.45, 2.75) is 39.2 Å². The van der Waals surface area contributed by atoms with Gasteiger partial charge in [-0.05, 0) is 36.8 Å². The largest absolute Gasteiger partial charge is 0.349 e. The Bertz CT molecular complexity index is 414. The molecule has 1 aromatic rings. The van der Waals surface area contributed by atoms with Crippen LogP contribution in [-0.2, 0) is 0 Å². The van der Waals surface area contributed by atoms with E-state index in [1.165, 1.54) is 18.3 Å². The summed E-state index contributed by atoms with van der Waals surface area (Å²) in [5.74, 6) is -0.733. The Labute approximate surface area is 100 Å². The zero-order chi connectivity index (χ0) is 12.5. The molecule has 1 unspecified atom stereocenters. The highest BCUT2D eigenvalue weighted by Gasteiger charge is 2.31. The van der Waals surface area contributed by atoms with E-state index >= 15 is 0 Å². The van der Waals surface area contributed by atoms with E-state index in [4.69, 9.17) is 0 Å². The van der Waals surface area contributed by atoms with E-state index in [2.05, 4.69) is 24.1 Å². The standard InChI is InChI=1S/C13H17FN2O/c1-13(2)6-5-10(7-13)16-12(17)9-3-4-11(14)15-8-9/h3-4,8,10H,5-7H2,1-2H3,(H,16,17). The first-order valence-electron chi connectivity index (χ1n) is 5.89. The van der Waals surface area contributed by atoms with Crippen molar-refractivity contribution >= 4 is 5.91 Å². The molecule has 3 nitrogen and oxygen atoms in total. The Morgan fingerprint density at radius 3 is 2.82 bits per heavy atom. The summed E-state index contributed by atoms with van der Waals surface area (Å²) in [4.78, 5) is 15.3. The van der Waals surface area contributed by atoms with Gasteiger partial charge in [-0.3, -0.25) is 4.79 Å². The van der Waals surface area contributed by atoms with Gasteiger partial charge in [0, 0.05) is 12.2 Å². The van der Waals surface area contributed by atoms with Crippen molar-refractivity contribution in [1.29, 1.82) is 0 Å². The smallest absolute Gasteiger partial charge is 0.253 e. The van der Waals surface area contributed by atoms with Crippen molar-refractivity contribution in [2.75, 3.05) is 0 Å². The fourth-order valence-corrected chi connectivity index (χ4v) is 2.34.